The number of carbonyl (C=O) groups is 6. The maximum atomic E-state index is 14.2. The number of benzene rings is 3. The van der Waals surface area contributed by atoms with Crippen LogP contribution in [0.4, 0.5) is 0 Å². The minimum absolute atomic E-state index is 0.0838. The summed E-state index contributed by atoms with van der Waals surface area (Å²) in [5.41, 5.74) is 3.03. The molecule has 0 aliphatic carbocycles. The van der Waals surface area contributed by atoms with Crippen LogP contribution in [0.1, 0.15) is 47.9 Å². The van der Waals surface area contributed by atoms with Crippen molar-refractivity contribution in [2.45, 2.75) is 76.5 Å². The summed E-state index contributed by atoms with van der Waals surface area (Å²) in [6.07, 6.45) is 2.05. The number of amides is 6. The molecule has 3 aromatic carbocycles. The maximum absolute atomic E-state index is 14.2. The van der Waals surface area contributed by atoms with Gasteiger partial charge in [-0.2, -0.15) is 0 Å². The monoisotopic (exact) mass is 684 g/mol. The van der Waals surface area contributed by atoms with Crippen LogP contribution >= 0.6 is 0 Å². The van der Waals surface area contributed by atoms with E-state index in [9.17, 15) is 33.9 Å². The van der Waals surface area contributed by atoms with Gasteiger partial charge in [0.25, 0.3) is 0 Å². The van der Waals surface area contributed by atoms with Crippen LogP contribution in [0, 0.1) is 13.8 Å². The molecule has 0 spiro atoms. The van der Waals surface area contributed by atoms with Crippen LogP contribution in [0.3, 0.4) is 0 Å². The quantitative estimate of drug-likeness (QED) is 0.192. The van der Waals surface area contributed by atoms with E-state index < -0.39 is 53.7 Å². The van der Waals surface area contributed by atoms with E-state index in [-0.39, 0.29) is 44.5 Å². The lowest BCUT2D eigenvalue weighted by molar-refractivity contribution is -0.142. The van der Waals surface area contributed by atoms with Gasteiger partial charge >= 0.3 is 0 Å². The van der Waals surface area contributed by atoms with Gasteiger partial charge in [-0.3, -0.25) is 28.8 Å². The zero-order chi connectivity index (χ0) is 35.8. The van der Waals surface area contributed by atoms with E-state index in [1.807, 2.05) is 42.5 Å². The van der Waals surface area contributed by atoms with Crippen molar-refractivity contribution in [3.05, 3.63) is 76.9 Å². The van der Waals surface area contributed by atoms with Gasteiger partial charge in [-0.25, -0.2) is 0 Å². The van der Waals surface area contributed by atoms with E-state index in [0.29, 0.717) is 25.8 Å². The fourth-order valence-corrected chi connectivity index (χ4v) is 6.81. The highest BCUT2D eigenvalue weighted by Gasteiger charge is 2.39. The summed E-state index contributed by atoms with van der Waals surface area (Å²) in [6, 6.07) is 12.7. The summed E-state index contributed by atoms with van der Waals surface area (Å²) in [7, 11) is 0. The van der Waals surface area contributed by atoms with E-state index in [1.165, 1.54) is 4.90 Å². The van der Waals surface area contributed by atoms with Gasteiger partial charge in [0.2, 0.25) is 35.9 Å². The van der Waals surface area contributed by atoms with E-state index >= 15 is 0 Å². The van der Waals surface area contributed by atoms with Gasteiger partial charge < -0.3 is 36.6 Å². The van der Waals surface area contributed by atoms with Crippen molar-refractivity contribution in [1.29, 1.82) is 0 Å². The maximum Gasteiger partial charge on any atom is 0.246 e. The summed E-state index contributed by atoms with van der Waals surface area (Å²) in [4.78, 5) is 80.6. The number of nitrogens with one attached hydrogen (secondary N) is 5. The molecular weight excluding hydrogens is 640 g/mol. The molecule has 2 saturated heterocycles. The smallest absolute Gasteiger partial charge is 0.246 e. The Kier molecular flexibility index (Phi) is 11.7. The number of phenolic OH excluding ortho intramolecular Hbond substituents is 1. The van der Waals surface area contributed by atoms with Crippen molar-refractivity contribution < 1.29 is 33.9 Å². The van der Waals surface area contributed by atoms with Gasteiger partial charge in [-0.05, 0) is 84.7 Å². The number of carbonyl (C=O) groups excluding carboxylic acids is 6. The van der Waals surface area contributed by atoms with E-state index in [1.54, 1.807) is 26.0 Å². The van der Waals surface area contributed by atoms with Gasteiger partial charge in [0.1, 0.15) is 29.9 Å². The zero-order valence-electron chi connectivity index (χ0n) is 28.3. The molecule has 5 rings (SSSR count). The van der Waals surface area contributed by atoms with Gasteiger partial charge in [0, 0.05) is 25.9 Å². The van der Waals surface area contributed by atoms with Crippen LogP contribution in [0.15, 0.2) is 54.6 Å². The summed E-state index contributed by atoms with van der Waals surface area (Å²) in [6.45, 7) is 3.80. The van der Waals surface area contributed by atoms with Crippen LogP contribution in [0.25, 0.3) is 10.8 Å². The largest absolute Gasteiger partial charge is 0.508 e. The minimum atomic E-state index is -1.12. The summed E-state index contributed by atoms with van der Waals surface area (Å²) < 4.78 is 0. The van der Waals surface area contributed by atoms with Crippen LogP contribution in [0.5, 0.6) is 5.75 Å². The highest BCUT2D eigenvalue weighted by atomic mass is 16.3. The Labute approximate surface area is 290 Å². The van der Waals surface area contributed by atoms with E-state index in [2.05, 4.69) is 26.6 Å². The molecule has 2 aliphatic rings. The Morgan fingerprint density at radius 1 is 0.960 bits per heavy atom. The molecule has 264 valence electrons. The van der Waals surface area contributed by atoms with Gasteiger partial charge in [0.15, 0.2) is 0 Å². The molecule has 2 heterocycles. The second-order valence-electron chi connectivity index (χ2n) is 13.0. The Morgan fingerprint density at radius 2 is 1.70 bits per heavy atom. The molecule has 6 N–H and O–H groups in total. The lowest BCUT2D eigenvalue weighted by atomic mass is 9.95. The number of aryl methyl sites for hydroxylation is 2. The average molecular weight is 685 g/mol. The summed E-state index contributed by atoms with van der Waals surface area (Å²) >= 11 is 0. The topological polar surface area (TPSA) is 186 Å². The first-order valence-electron chi connectivity index (χ1n) is 17.0. The molecular formula is C37H44N6O7. The van der Waals surface area contributed by atoms with Gasteiger partial charge in [-0.15, -0.1) is 0 Å². The van der Waals surface area contributed by atoms with Crippen LogP contribution < -0.4 is 26.6 Å². The number of fused-ring (bicyclic) bond motifs is 2. The van der Waals surface area contributed by atoms with Gasteiger partial charge in [-0.1, -0.05) is 42.5 Å². The van der Waals surface area contributed by atoms with Gasteiger partial charge in [0.05, 0.1) is 6.54 Å². The van der Waals surface area contributed by atoms with Crippen molar-refractivity contribution in [2.75, 3.05) is 19.6 Å². The molecule has 2 fully saturated rings. The second kappa shape index (κ2) is 16.3. The van der Waals surface area contributed by atoms with E-state index in [0.717, 1.165) is 33.0 Å². The molecule has 6 amide bonds. The minimum Gasteiger partial charge on any atom is -0.508 e. The van der Waals surface area contributed by atoms with Crippen molar-refractivity contribution in [3.8, 4) is 5.75 Å². The highest BCUT2D eigenvalue weighted by molar-refractivity contribution is 5.96. The molecule has 2 aliphatic heterocycles. The number of rotatable bonds is 8. The number of aromatic hydroxyl groups is 1. The van der Waals surface area contributed by atoms with Crippen LogP contribution in [0.2, 0.25) is 0 Å². The molecule has 0 aromatic heterocycles. The lowest BCUT2D eigenvalue weighted by Crippen LogP contribution is -2.58. The fourth-order valence-electron chi connectivity index (χ4n) is 6.81. The summed E-state index contributed by atoms with van der Waals surface area (Å²) in [5.74, 6) is -2.43. The predicted octanol–water partition coefficient (Wildman–Crippen LogP) is 1.05. The Bertz CT molecular complexity index is 1750. The number of hydrogen-bond donors (Lipinski definition) is 6. The molecule has 13 nitrogen and oxygen atoms in total. The normalized spacial score (nSPS) is 21.2. The Balaban J connectivity index is 1.43. The Morgan fingerprint density at radius 3 is 2.44 bits per heavy atom. The highest BCUT2D eigenvalue weighted by Crippen LogP contribution is 2.23. The first-order chi connectivity index (χ1) is 24.0. The predicted molar refractivity (Wildman–Crippen MR) is 186 cm³/mol. The first kappa shape index (κ1) is 35.8. The van der Waals surface area contributed by atoms with Crippen LogP contribution in [-0.4, -0.2) is 89.8 Å². The molecule has 50 heavy (non-hydrogen) atoms. The standard InChI is InChI=1S/C37H44N6O7/c1-22-15-27(45)16-23(2)28(22)19-30(40-21-44)35(48)41-29-9-5-13-38-33(46)20-39-36(49)32-10-6-14-43(32)37(50)31(42-34(29)47)18-24-11-12-25-7-3-4-8-26(25)17-24/h3-4,7-8,11-12,15-17,21,29-32,45H,5-6,9-10,13-14,18-20H2,1-2H3,(H,38,46)(H,39,49)(H,40,44)(H,41,48)(H,42,47)/t29-,30+,31+,32-/m1/s1. The third-order valence-electron chi connectivity index (χ3n) is 9.43. The molecule has 0 saturated carbocycles. The molecule has 3 aromatic rings. The number of nitrogens with zero attached hydrogens (tertiary/aromatic N) is 1. The molecule has 0 bridgehead atoms. The van der Waals surface area contributed by atoms with Crippen molar-refractivity contribution >= 4 is 46.7 Å². The average Bonchev–Trinajstić information content (AvgIpc) is 3.58. The molecule has 13 heteroatoms. The number of phenols is 1. The third kappa shape index (κ3) is 8.76. The number of hydrogen-bond acceptors (Lipinski definition) is 7. The SMILES string of the molecule is Cc1cc(O)cc(C)c1C[C@H](NC=O)C(=O)N[C@@H]1CCCNC(=O)CNC(=O)[C@H]2CCCN2C(=O)[C@H](Cc2ccc3ccccc3c2)NC1=O. The lowest BCUT2D eigenvalue weighted by Gasteiger charge is -2.30. The zero-order valence-corrected chi connectivity index (χ0v) is 28.3. The fraction of sp³-hybridized carbons (Fsp3) is 0.405. The molecule has 4 atom stereocenters. The summed E-state index contributed by atoms with van der Waals surface area (Å²) in [5, 5.41) is 25.5. The molecule has 0 unspecified atom stereocenters. The van der Waals surface area contributed by atoms with E-state index in [4.69, 9.17) is 0 Å². The van der Waals surface area contributed by atoms with Crippen LogP contribution in [-0.2, 0) is 41.6 Å². The van der Waals surface area contributed by atoms with Crippen molar-refractivity contribution in [3.63, 3.8) is 0 Å². The second-order valence-corrected chi connectivity index (χ2v) is 13.0. The molecule has 0 radical (unpaired) electrons. The third-order valence-corrected chi connectivity index (χ3v) is 9.43. The first-order valence-corrected chi connectivity index (χ1v) is 17.0. The Hall–Kier alpha value is -5.46. The van der Waals surface area contributed by atoms with Crippen molar-refractivity contribution in [1.82, 2.24) is 31.5 Å². The van der Waals surface area contributed by atoms with Crippen molar-refractivity contribution in [2.24, 2.45) is 0 Å².